The topological polar surface area (TPSA) is 50.4 Å². The molecule has 4 heteroatoms. The molecule has 106 valence electrons. The number of rotatable bonds is 8. The van der Waals surface area contributed by atoms with Crippen molar-refractivity contribution < 1.29 is 9.53 Å². The van der Waals surface area contributed by atoms with Crippen molar-refractivity contribution in [1.29, 1.82) is 0 Å². The standard InChI is InChI=1S/C14H28N2O2/c1-4-6-8-15-14(17)11(3)16-10-12-7-9-18-13(12)5-2/h11-13,16H,4-10H2,1-3H3,(H,15,17). The van der Waals surface area contributed by atoms with E-state index in [0.29, 0.717) is 12.0 Å². The number of nitrogens with one attached hydrogen (secondary N) is 2. The van der Waals surface area contributed by atoms with Gasteiger partial charge in [0.05, 0.1) is 12.1 Å². The second-order valence-electron chi connectivity index (χ2n) is 5.14. The molecule has 1 fully saturated rings. The van der Waals surface area contributed by atoms with Crippen molar-refractivity contribution in [3.63, 3.8) is 0 Å². The van der Waals surface area contributed by atoms with Gasteiger partial charge in [-0.15, -0.1) is 0 Å². The molecule has 18 heavy (non-hydrogen) atoms. The molecule has 0 spiro atoms. The summed E-state index contributed by atoms with van der Waals surface area (Å²) in [5, 5.41) is 6.27. The Morgan fingerprint density at radius 2 is 2.22 bits per heavy atom. The van der Waals surface area contributed by atoms with Crippen molar-refractivity contribution in [3.05, 3.63) is 0 Å². The normalized spacial score (nSPS) is 25.1. The van der Waals surface area contributed by atoms with Crippen molar-refractivity contribution in [3.8, 4) is 0 Å². The van der Waals surface area contributed by atoms with Crippen LogP contribution >= 0.6 is 0 Å². The lowest BCUT2D eigenvalue weighted by atomic mass is 9.99. The minimum atomic E-state index is -0.111. The molecule has 1 heterocycles. The zero-order valence-corrected chi connectivity index (χ0v) is 12.0. The number of carbonyl (C=O) groups is 1. The first kappa shape index (κ1) is 15.4. The molecule has 0 aliphatic carbocycles. The fourth-order valence-electron chi connectivity index (χ4n) is 2.34. The molecule has 3 unspecified atom stereocenters. The molecule has 0 bridgehead atoms. The van der Waals surface area contributed by atoms with Crippen LogP contribution in [0.1, 0.15) is 46.5 Å². The van der Waals surface area contributed by atoms with E-state index in [1.165, 1.54) is 0 Å². The van der Waals surface area contributed by atoms with Gasteiger partial charge in [0.15, 0.2) is 0 Å². The number of unbranched alkanes of at least 4 members (excludes halogenated alkanes) is 1. The number of hydrogen-bond acceptors (Lipinski definition) is 3. The Morgan fingerprint density at radius 1 is 1.44 bits per heavy atom. The highest BCUT2D eigenvalue weighted by Crippen LogP contribution is 2.22. The van der Waals surface area contributed by atoms with Gasteiger partial charge in [-0.2, -0.15) is 0 Å². The van der Waals surface area contributed by atoms with Gasteiger partial charge in [0.25, 0.3) is 0 Å². The summed E-state index contributed by atoms with van der Waals surface area (Å²) in [6.07, 6.45) is 4.69. The lowest BCUT2D eigenvalue weighted by molar-refractivity contribution is -0.122. The summed E-state index contributed by atoms with van der Waals surface area (Å²) >= 11 is 0. The summed E-state index contributed by atoms with van der Waals surface area (Å²) in [5.41, 5.74) is 0. The van der Waals surface area contributed by atoms with Crippen molar-refractivity contribution in [2.24, 2.45) is 5.92 Å². The van der Waals surface area contributed by atoms with Crippen molar-refractivity contribution in [2.45, 2.75) is 58.6 Å². The molecule has 0 aromatic rings. The van der Waals surface area contributed by atoms with E-state index in [9.17, 15) is 4.79 Å². The monoisotopic (exact) mass is 256 g/mol. The van der Waals surface area contributed by atoms with E-state index in [1.807, 2.05) is 6.92 Å². The average Bonchev–Trinajstić information content (AvgIpc) is 2.83. The van der Waals surface area contributed by atoms with Gasteiger partial charge in [-0.05, 0) is 32.1 Å². The zero-order valence-electron chi connectivity index (χ0n) is 12.0. The Bertz CT molecular complexity index is 246. The van der Waals surface area contributed by atoms with Gasteiger partial charge in [-0.1, -0.05) is 20.3 Å². The second kappa shape index (κ2) is 8.48. The molecule has 3 atom stereocenters. The summed E-state index contributed by atoms with van der Waals surface area (Å²) in [5.74, 6) is 0.663. The average molecular weight is 256 g/mol. The molecule has 0 saturated carbocycles. The first-order chi connectivity index (χ1) is 8.69. The Labute approximate surface area is 111 Å². The van der Waals surface area contributed by atoms with Crippen LogP contribution in [0.5, 0.6) is 0 Å². The summed E-state index contributed by atoms with van der Waals surface area (Å²) < 4.78 is 5.65. The lowest BCUT2D eigenvalue weighted by Gasteiger charge is -2.20. The van der Waals surface area contributed by atoms with Gasteiger partial charge in [-0.25, -0.2) is 0 Å². The molecule has 4 nitrogen and oxygen atoms in total. The quantitative estimate of drug-likeness (QED) is 0.650. The first-order valence-electron chi connectivity index (χ1n) is 7.31. The number of ether oxygens (including phenoxy) is 1. The molecule has 0 aromatic heterocycles. The summed E-state index contributed by atoms with van der Waals surface area (Å²) in [6.45, 7) is 8.73. The van der Waals surface area contributed by atoms with Gasteiger partial charge in [0.1, 0.15) is 0 Å². The molecule has 1 aliphatic heterocycles. The van der Waals surface area contributed by atoms with Crippen molar-refractivity contribution >= 4 is 5.91 Å². The Kier molecular flexibility index (Phi) is 7.28. The third-order valence-electron chi connectivity index (χ3n) is 3.66. The fourth-order valence-corrected chi connectivity index (χ4v) is 2.34. The van der Waals surface area contributed by atoms with E-state index in [-0.39, 0.29) is 11.9 Å². The molecule has 0 radical (unpaired) electrons. The van der Waals surface area contributed by atoms with Gasteiger partial charge in [0, 0.05) is 19.7 Å². The van der Waals surface area contributed by atoms with Crippen LogP contribution in [-0.4, -0.2) is 37.7 Å². The summed E-state index contributed by atoms with van der Waals surface area (Å²) in [6, 6.07) is -0.111. The number of amides is 1. The molecule has 1 aliphatic rings. The fraction of sp³-hybridized carbons (Fsp3) is 0.929. The van der Waals surface area contributed by atoms with Crippen molar-refractivity contribution in [2.75, 3.05) is 19.7 Å². The second-order valence-corrected chi connectivity index (χ2v) is 5.14. The Morgan fingerprint density at radius 3 is 2.89 bits per heavy atom. The van der Waals surface area contributed by atoms with E-state index >= 15 is 0 Å². The van der Waals surface area contributed by atoms with Gasteiger partial charge >= 0.3 is 0 Å². The number of carbonyl (C=O) groups excluding carboxylic acids is 1. The molecule has 1 rings (SSSR count). The maximum atomic E-state index is 11.8. The Balaban J connectivity index is 2.19. The van der Waals surface area contributed by atoms with Crippen LogP contribution < -0.4 is 10.6 Å². The van der Waals surface area contributed by atoms with Gasteiger partial charge in [0.2, 0.25) is 5.91 Å². The van der Waals surface area contributed by atoms with Gasteiger partial charge in [-0.3, -0.25) is 4.79 Å². The summed E-state index contributed by atoms with van der Waals surface area (Å²) in [4.78, 5) is 11.8. The minimum absolute atomic E-state index is 0.107. The van der Waals surface area contributed by atoms with E-state index in [2.05, 4.69) is 24.5 Å². The molecule has 2 N–H and O–H groups in total. The third kappa shape index (κ3) is 4.94. The molecule has 0 aromatic carbocycles. The highest BCUT2D eigenvalue weighted by Gasteiger charge is 2.27. The minimum Gasteiger partial charge on any atom is -0.378 e. The smallest absolute Gasteiger partial charge is 0.236 e. The highest BCUT2D eigenvalue weighted by molar-refractivity contribution is 5.81. The van der Waals surface area contributed by atoms with Crippen LogP contribution in [0.3, 0.4) is 0 Å². The molecular weight excluding hydrogens is 228 g/mol. The molecular formula is C14H28N2O2. The van der Waals surface area contributed by atoms with Crippen molar-refractivity contribution in [1.82, 2.24) is 10.6 Å². The zero-order chi connectivity index (χ0) is 13.4. The SMILES string of the molecule is CCCCNC(=O)C(C)NCC1CCOC1CC. The Hall–Kier alpha value is -0.610. The largest absolute Gasteiger partial charge is 0.378 e. The summed E-state index contributed by atoms with van der Waals surface area (Å²) in [7, 11) is 0. The lowest BCUT2D eigenvalue weighted by Crippen LogP contribution is -2.44. The molecule has 1 amide bonds. The van der Waals surface area contributed by atoms with Crippen LogP contribution in [0.25, 0.3) is 0 Å². The van der Waals surface area contributed by atoms with Gasteiger partial charge < -0.3 is 15.4 Å². The maximum Gasteiger partial charge on any atom is 0.236 e. The van der Waals surface area contributed by atoms with Crippen LogP contribution in [-0.2, 0) is 9.53 Å². The third-order valence-corrected chi connectivity index (χ3v) is 3.66. The van der Waals surface area contributed by atoms with Crippen LogP contribution in [0.4, 0.5) is 0 Å². The number of hydrogen-bond donors (Lipinski definition) is 2. The maximum absolute atomic E-state index is 11.8. The van der Waals surface area contributed by atoms with E-state index < -0.39 is 0 Å². The highest BCUT2D eigenvalue weighted by atomic mass is 16.5. The van der Waals surface area contributed by atoms with E-state index in [1.54, 1.807) is 0 Å². The van der Waals surface area contributed by atoms with Crippen LogP contribution in [0.15, 0.2) is 0 Å². The predicted molar refractivity (Wildman–Crippen MR) is 73.5 cm³/mol. The van der Waals surface area contributed by atoms with Crippen LogP contribution in [0, 0.1) is 5.92 Å². The molecule has 1 saturated heterocycles. The van der Waals surface area contributed by atoms with E-state index in [4.69, 9.17) is 4.74 Å². The predicted octanol–water partition coefficient (Wildman–Crippen LogP) is 1.70. The van der Waals surface area contributed by atoms with E-state index in [0.717, 1.165) is 45.4 Å². The van der Waals surface area contributed by atoms with Crippen LogP contribution in [0.2, 0.25) is 0 Å². The first-order valence-corrected chi connectivity index (χ1v) is 7.31.